The second-order valence-corrected chi connectivity index (χ2v) is 1.88. The molecule has 0 amide bonds. The highest BCUT2D eigenvalue weighted by Gasteiger charge is 2.09. The fourth-order valence-corrected chi connectivity index (χ4v) is 0.513. The zero-order valence-electron chi connectivity index (χ0n) is 6.46. The van der Waals surface area contributed by atoms with Crippen molar-refractivity contribution in [1.29, 1.82) is 0 Å². The van der Waals surface area contributed by atoms with Crippen LogP contribution in [0.25, 0.3) is 0 Å². The van der Waals surface area contributed by atoms with Crippen molar-refractivity contribution in [3.63, 3.8) is 0 Å². The predicted molar refractivity (Wildman–Crippen MR) is 37.8 cm³/mol. The number of aliphatic carboxylic acids is 1. The highest BCUT2D eigenvalue weighted by Crippen LogP contribution is 1.99. The van der Waals surface area contributed by atoms with Crippen LogP contribution in [0.15, 0.2) is 11.8 Å². The molecular weight excluding hydrogens is 148 g/mol. The summed E-state index contributed by atoms with van der Waals surface area (Å²) in [6.07, 6.45) is 1.86. The van der Waals surface area contributed by atoms with Gasteiger partial charge in [-0.15, -0.1) is 0 Å². The lowest BCUT2D eigenvalue weighted by Gasteiger charge is -1.99. The Hall–Kier alpha value is -1.32. The summed E-state index contributed by atoms with van der Waals surface area (Å²) in [7, 11) is 0. The first-order chi connectivity index (χ1) is 5.07. The average molecular weight is 158 g/mol. The van der Waals surface area contributed by atoms with Gasteiger partial charge in [-0.25, -0.2) is 4.79 Å². The largest absolute Gasteiger partial charge is 0.475 e. The van der Waals surface area contributed by atoms with Crippen molar-refractivity contribution >= 4 is 11.9 Å². The molecule has 0 spiro atoms. The van der Waals surface area contributed by atoms with Crippen molar-refractivity contribution in [3.8, 4) is 0 Å². The van der Waals surface area contributed by atoms with E-state index in [0.29, 0.717) is 6.42 Å². The number of hydrogen-bond acceptors (Lipinski definition) is 3. The van der Waals surface area contributed by atoms with Gasteiger partial charge in [-0.3, -0.25) is 4.79 Å². The molecule has 0 atom stereocenters. The summed E-state index contributed by atoms with van der Waals surface area (Å²) in [5.74, 6) is -2.14. The van der Waals surface area contributed by atoms with Gasteiger partial charge in [0, 0.05) is 6.92 Å². The maximum atomic E-state index is 10.3. The van der Waals surface area contributed by atoms with Crippen molar-refractivity contribution in [1.82, 2.24) is 0 Å². The Bertz CT molecular complexity index is 193. The van der Waals surface area contributed by atoms with Crippen LogP contribution in [0.2, 0.25) is 0 Å². The molecule has 11 heavy (non-hydrogen) atoms. The van der Waals surface area contributed by atoms with Crippen LogP contribution < -0.4 is 0 Å². The third kappa shape index (κ3) is 4.13. The summed E-state index contributed by atoms with van der Waals surface area (Å²) in [5.41, 5.74) is 0. The Morgan fingerprint density at radius 3 is 2.36 bits per heavy atom. The lowest BCUT2D eigenvalue weighted by atomic mass is 10.4. The van der Waals surface area contributed by atoms with Crippen LogP contribution in [0, 0.1) is 0 Å². The Morgan fingerprint density at radius 1 is 1.55 bits per heavy atom. The Kier molecular flexibility index (Phi) is 3.95. The van der Waals surface area contributed by atoms with E-state index in [1.807, 2.05) is 0 Å². The van der Waals surface area contributed by atoms with Gasteiger partial charge in [0.25, 0.3) is 0 Å². The second kappa shape index (κ2) is 4.49. The minimum Gasteiger partial charge on any atom is -0.475 e. The van der Waals surface area contributed by atoms with E-state index in [9.17, 15) is 9.59 Å². The molecular formula is C7H10O4. The molecule has 0 unspecified atom stereocenters. The van der Waals surface area contributed by atoms with Gasteiger partial charge >= 0.3 is 11.9 Å². The highest BCUT2D eigenvalue weighted by atomic mass is 16.6. The fourth-order valence-electron chi connectivity index (χ4n) is 0.513. The van der Waals surface area contributed by atoms with E-state index in [2.05, 4.69) is 4.74 Å². The van der Waals surface area contributed by atoms with Crippen molar-refractivity contribution in [3.05, 3.63) is 11.8 Å². The van der Waals surface area contributed by atoms with E-state index >= 15 is 0 Å². The molecule has 0 aliphatic rings. The minimum absolute atomic E-state index is 0.306. The van der Waals surface area contributed by atoms with Gasteiger partial charge < -0.3 is 9.84 Å². The predicted octanol–water partition coefficient (Wildman–Crippen LogP) is 0.928. The van der Waals surface area contributed by atoms with Gasteiger partial charge in [-0.05, 0) is 12.5 Å². The van der Waals surface area contributed by atoms with Crippen LogP contribution in [-0.4, -0.2) is 17.0 Å². The van der Waals surface area contributed by atoms with Crippen LogP contribution in [0.3, 0.4) is 0 Å². The maximum Gasteiger partial charge on any atom is 0.371 e. The molecule has 0 radical (unpaired) electrons. The molecule has 0 aliphatic heterocycles. The number of ether oxygens (including phenoxy) is 1. The summed E-state index contributed by atoms with van der Waals surface area (Å²) in [5, 5.41) is 8.41. The van der Waals surface area contributed by atoms with Crippen LogP contribution >= 0.6 is 0 Å². The first-order valence-electron chi connectivity index (χ1n) is 3.19. The summed E-state index contributed by atoms with van der Waals surface area (Å²) in [4.78, 5) is 20.6. The number of carboxylic acid groups (broad SMARTS) is 1. The smallest absolute Gasteiger partial charge is 0.371 e. The third-order valence-corrected chi connectivity index (χ3v) is 0.854. The summed E-state index contributed by atoms with van der Waals surface area (Å²) < 4.78 is 4.37. The molecule has 0 saturated heterocycles. The Balaban J connectivity index is 4.23. The highest BCUT2D eigenvalue weighted by molar-refractivity contribution is 5.87. The number of carbonyl (C=O) groups is 2. The molecule has 0 bridgehead atoms. The molecule has 0 saturated carbocycles. The van der Waals surface area contributed by atoms with E-state index in [4.69, 9.17) is 5.11 Å². The fraction of sp³-hybridized carbons (Fsp3) is 0.429. The van der Waals surface area contributed by atoms with Gasteiger partial charge in [-0.2, -0.15) is 0 Å². The lowest BCUT2D eigenvalue weighted by molar-refractivity contribution is -0.146. The first kappa shape index (κ1) is 9.68. The number of allylic oxidation sites excluding steroid dienone is 1. The number of carboxylic acids is 1. The van der Waals surface area contributed by atoms with E-state index in [-0.39, 0.29) is 5.76 Å². The first-order valence-corrected chi connectivity index (χ1v) is 3.19. The van der Waals surface area contributed by atoms with Crippen molar-refractivity contribution in [2.45, 2.75) is 20.3 Å². The monoisotopic (exact) mass is 158 g/mol. The molecule has 0 aliphatic carbocycles. The molecule has 0 fully saturated rings. The van der Waals surface area contributed by atoms with Crippen LogP contribution in [0.1, 0.15) is 20.3 Å². The average Bonchev–Trinajstić information content (AvgIpc) is 1.86. The maximum absolute atomic E-state index is 10.3. The van der Waals surface area contributed by atoms with E-state index in [1.54, 1.807) is 6.92 Å². The molecule has 0 aromatic rings. The SMILES string of the molecule is CC/C=C(/OC(C)=O)C(=O)O. The standard InChI is InChI=1S/C7H10O4/c1-3-4-6(7(9)10)11-5(2)8/h4H,3H2,1-2H3,(H,9,10)/b6-4+. The van der Waals surface area contributed by atoms with Crippen molar-refractivity contribution < 1.29 is 19.4 Å². The van der Waals surface area contributed by atoms with Gasteiger partial charge in [-0.1, -0.05) is 6.92 Å². The summed E-state index contributed by atoms with van der Waals surface area (Å²) >= 11 is 0. The zero-order chi connectivity index (χ0) is 8.85. The molecule has 62 valence electrons. The normalized spacial score (nSPS) is 10.9. The number of rotatable bonds is 3. The van der Waals surface area contributed by atoms with Gasteiger partial charge in [0.15, 0.2) is 0 Å². The topological polar surface area (TPSA) is 63.6 Å². The van der Waals surface area contributed by atoms with E-state index in [1.165, 1.54) is 6.08 Å². The number of carbonyl (C=O) groups excluding carboxylic acids is 1. The summed E-state index contributed by atoms with van der Waals surface area (Å²) in [6, 6.07) is 0. The van der Waals surface area contributed by atoms with Gasteiger partial charge in [0.05, 0.1) is 0 Å². The Morgan fingerprint density at radius 2 is 2.09 bits per heavy atom. The van der Waals surface area contributed by atoms with Gasteiger partial charge in [0.2, 0.25) is 5.76 Å². The molecule has 0 rings (SSSR count). The molecule has 1 N–H and O–H groups in total. The zero-order valence-corrected chi connectivity index (χ0v) is 6.46. The molecule has 0 aromatic carbocycles. The van der Waals surface area contributed by atoms with E-state index in [0.717, 1.165) is 6.92 Å². The third-order valence-electron chi connectivity index (χ3n) is 0.854. The quantitative estimate of drug-likeness (QED) is 0.377. The van der Waals surface area contributed by atoms with Crippen LogP contribution in [0.5, 0.6) is 0 Å². The molecule has 4 heteroatoms. The molecule has 4 nitrogen and oxygen atoms in total. The van der Waals surface area contributed by atoms with E-state index < -0.39 is 11.9 Å². The van der Waals surface area contributed by atoms with Crippen molar-refractivity contribution in [2.24, 2.45) is 0 Å². The minimum atomic E-state index is -1.22. The number of hydrogen-bond donors (Lipinski definition) is 1. The summed E-state index contributed by atoms with van der Waals surface area (Å²) in [6.45, 7) is 2.92. The molecule has 0 heterocycles. The lowest BCUT2D eigenvalue weighted by Crippen LogP contribution is -2.08. The number of esters is 1. The second-order valence-electron chi connectivity index (χ2n) is 1.88. The van der Waals surface area contributed by atoms with Crippen molar-refractivity contribution in [2.75, 3.05) is 0 Å². The van der Waals surface area contributed by atoms with Crippen LogP contribution in [-0.2, 0) is 14.3 Å². The molecule has 0 aromatic heterocycles. The van der Waals surface area contributed by atoms with Crippen LogP contribution in [0.4, 0.5) is 0 Å². The Labute approximate surface area is 64.5 Å². The van der Waals surface area contributed by atoms with Gasteiger partial charge in [0.1, 0.15) is 0 Å².